The summed E-state index contributed by atoms with van der Waals surface area (Å²) in [5, 5.41) is 10.4. The van der Waals surface area contributed by atoms with Gasteiger partial charge in [0.05, 0.1) is 11.8 Å². The van der Waals surface area contributed by atoms with Gasteiger partial charge in [-0.15, -0.1) is 11.3 Å². The average molecular weight is 412 g/mol. The van der Waals surface area contributed by atoms with Crippen molar-refractivity contribution in [3.05, 3.63) is 40.9 Å². The van der Waals surface area contributed by atoms with Crippen LogP contribution in [0.3, 0.4) is 0 Å². The number of esters is 1. The molecule has 1 amide bonds. The number of amides is 1. The van der Waals surface area contributed by atoms with E-state index in [4.69, 9.17) is 4.74 Å². The molecule has 0 radical (unpaired) electrons. The number of carbonyl (C=O) groups is 2. The van der Waals surface area contributed by atoms with Crippen LogP contribution >= 0.6 is 11.3 Å². The predicted octanol–water partition coefficient (Wildman–Crippen LogP) is 4.35. The number of likely N-dealkylation sites (N-methyl/N-ethyl adjacent to an activating group) is 1. The Morgan fingerprint density at radius 3 is 2.52 bits per heavy atom. The normalized spacial score (nSPS) is 16.5. The number of rotatable bonds is 5. The Bertz CT molecular complexity index is 927. The molecule has 1 atom stereocenters. The second-order valence-electron chi connectivity index (χ2n) is 7.45. The van der Waals surface area contributed by atoms with Crippen molar-refractivity contribution in [2.75, 3.05) is 7.05 Å². The van der Waals surface area contributed by atoms with Crippen molar-refractivity contribution in [2.24, 2.45) is 0 Å². The number of aromatic nitrogens is 1. The molecule has 1 aromatic heterocycles. The number of nitrogens with zero attached hydrogens (tertiary/aromatic N) is 3. The maximum absolute atomic E-state index is 12.9. The van der Waals surface area contributed by atoms with E-state index >= 15 is 0 Å². The van der Waals surface area contributed by atoms with Crippen LogP contribution in [-0.4, -0.2) is 40.5 Å². The van der Waals surface area contributed by atoms with Crippen LogP contribution in [0.5, 0.6) is 0 Å². The zero-order valence-electron chi connectivity index (χ0n) is 17.0. The molecule has 0 saturated heterocycles. The molecule has 3 rings (SSSR count). The number of carbonyl (C=O) groups excluding carboxylic acids is 2. The lowest BCUT2D eigenvalue weighted by molar-refractivity contribution is -0.143. The second kappa shape index (κ2) is 8.75. The summed E-state index contributed by atoms with van der Waals surface area (Å²) < 4.78 is 5.46. The van der Waals surface area contributed by atoms with Crippen molar-refractivity contribution in [2.45, 2.75) is 57.6 Å². The zero-order chi connectivity index (χ0) is 21.0. The van der Waals surface area contributed by atoms with Crippen molar-refractivity contribution in [1.82, 2.24) is 9.88 Å². The van der Waals surface area contributed by atoms with Crippen LogP contribution < -0.4 is 0 Å². The molecule has 2 aromatic rings. The Kier molecular flexibility index (Phi) is 6.33. The van der Waals surface area contributed by atoms with E-state index in [1.54, 1.807) is 20.9 Å². The summed E-state index contributed by atoms with van der Waals surface area (Å²) in [6.45, 7) is 3.31. The van der Waals surface area contributed by atoms with Gasteiger partial charge in [-0.3, -0.25) is 4.79 Å². The summed E-state index contributed by atoms with van der Waals surface area (Å²) in [6.07, 6.45) is 3.25. The number of benzene rings is 1. The summed E-state index contributed by atoms with van der Waals surface area (Å²) in [5.74, 6) is -0.918. The minimum Gasteiger partial charge on any atom is -0.448 e. The van der Waals surface area contributed by atoms with E-state index in [1.807, 2.05) is 30.3 Å². The van der Waals surface area contributed by atoms with Gasteiger partial charge in [-0.1, -0.05) is 49.6 Å². The molecule has 152 valence electrons. The Morgan fingerprint density at radius 1 is 1.24 bits per heavy atom. The lowest BCUT2D eigenvalue weighted by Gasteiger charge is -2.39. The fourth-order valence-corrected chi connectivity index (χ4v) is 4.65. The van der Waals surface area contributed by atoms with Crippen LogP contribution in [0.2, 0.25) is 0 Å². The first kappa shape index (κ1) is 21.0. The van der Waals surface area contributed by atoms with Crippen molar-refractivity contribution in [1.29, 1.82) is 5.26 Å². The Labute approximate surface area is 175 Å². The van der Waals surface area contributed by atoms with Gasteiger partial charge in [0.1, 0.15) is 15.4 Å². The van der Waals surface area contributed by atoms with Gasteiger partial charge in [0.15, 0.2) is 6.10 Å². The molecule has 1 aliphatic rings. The Morgan fingerprint density at radius 2 is 1.90 bits per heavy atom. The van der Waals surface area contributed by atoms with Crippen LogP contribution in [0.15, 0.2) is 30.3 Å². The smallest absolute Gasteiger partial charge is 0.351 e. The first-order valence-electron chi connectivity index (χ1n) is 9.81. The Hall–Kier alpha value is -2.72. The summed E-state index contributed by atoms with van der Waals surface area (Å²) in [5.41, 5.74) is 0.695. The number of hydrogen-bond acceptors (Lipinski definition) is 6. The van der Waals surface area contributed by atoms with Crippen molar-refractivity contribution in [3.63, 3.8) is 0 Å². The lowest BCUT2D eigenvalue weighted by Crippen LogP contribution is -2.53. The fourth-order valence-electron chi connectivity index (χ4n) is 3.70. The van der Waals surface area contributed by atoms with E-state index in [0.29, 0.717) is 23.4 Å². The molecule has 1 fully saturated rings. The van der Waals surface area contributed by atoms with Gasteiger partial charge in [-0.2, -0.15) is 5.26 Å². The average Bonchev–Trinajstić information content (AvgIpc) is 3.15. The molecular weight excluding hydrogens is 386 g/mol. The molecule has 0 aliphatic heterocycles. The molecule has 1 saturated carbocycles. The van der Waals surface area contributed by atoms with Crippen molar-refractivity contribution in [3.8, 4) is 16.6 Å². The molecule has 0 spiro atoms. The van der Waals surface area contributed by atoms with Gasteiger partial charge in [-0.05, 0) is 26.7 Å². The molecule has 0 bridgehead atoms. The molecule has 29 heavy (non-hydrogen) atoms. The third-order valence-corrected chi connectivity index (χ3v) is 6.68. The molecule has 1 aliphatic carbocycles. The third-order valence-electron chi connectivity index (χ3n) is 5.50. The van der Waals surface area contributed by atoms with Gasteiger partial charge in [-0.25, -0.2) is 9.78 Å². The van der Waals surface area contributed by atoms with Crippen LogP contribution in [0.4, 0.5) is 0 Å². The van der Waals surface area contributed by atoms with Crippen LogP contribution in [0.1, 0.15) is 54.4 Å². The number of nitriles is 1. The quantitative estimate of drug-likeness (QED) is 0.683. The molecular formula is C22H25N3O3S. The highest BCUT2D eigenvalue weighted by Crippen LogP contribution is 2.33. The van der Waals surface area contributed by atoms with Crippen molar-refractivity contribution < 1.29 is 14.3 Å². The summed E-state index contributed by atoms with van der Waals surface area (Å²) in [4.78, 5) is 31.9. The monoisotopic (exact) mass is 411 g/mol. The minimum atomic E-state index is -0.971. The summed E-state index contributed by atoms with van der Waals surface area (Å²) in [6, 6.07) is 11.9. The standard InChI is InChI=1S/C22H25N3O3S/c1-15-18(29-19(24-15)17-10-6-4-7-11-17)21(27)28-16(2)20(26)25(3)22(14-23)12-8-5-9-13-22/h4,6-7,10-11,16H,5,8-9,12-13H2,1-3H3/t16-/m1/s1. The van der Waals surface area contributed by atoms with E-state index in [1.165, 1.54) is 16.2 Å². The van der Waals surface area contributed by atoms with E-state index < -0.39 is 17.6 Å². The molecule has 6 nitrogen and oxygen atoms in total. The first-order valence-corrected chi connectivity index (χ1v) is 10.6. The molecule has 0 unspecified atom stereocenters. The highest BCUT2D eigenvalue weighted by Gasteiger charge is 2.41. The van der Waals surface area contributed by atoms with Gasteiger partial charge in [0.2, 0.25) is 0 Å². The van der Waals surface area contributed by atoms with E-state index in [9.17, 15) is 14.9 Å². The predicted molar refractivity (Wildman–Crippen MR) is 111 cm³/mol. The Balaban J connectivity index is 1.71. The maximum Gasteiger partial charge on any atom is 0.351 e. The van der Waals surface area contributed by atoms with E-state index in [2.05, 4.69) is 11.1 Å². The second-order valence-corrected chi connectivity index (χ2v) is 8.45. The van der Waals surface area contributed by atoms with Gasteiger partial charge in [0, 0.05) is 12.6 Å². The molecule has 7 heteroatoms. The zero-order valence-corrected chi connectivity index (χ0v) is 17.8. The lowest BCUT2D eigenvalue weighted by atomic mass is 9.81. The third kappa shape index (κ3) is 4.33. The minimum absolute atomic E-state index is 0.354. The highest BCUT2D eigenvalue weighted by molar-refractivity contribution is 7.17. The van der Waals surface area contributed by atoms with E-state index in [0.717, 1.165) is 29.8 Å². The number of aryl methyl sites for hydroxylation is 1. The summed E-state index contributed by atoms with van der Waals surface area (Å²) >= 11 is 1.25. The van der Waals surface area contributed by atoms with Crippen LogP contribution in [-0.2, 0) is 9.53 Å². The van der Waals surface area contributed by atoms with Gasteiger partial charge >= 0.3 is 5.97 Å². The van der Waals surface area contributed by atoms with Crippen LogP contribution in [0, 0.1) is 18.3 Å². The highest BCUT2D eigenvalue weighted by atomic mass is 32.1. The largest absolute Gasteiger partial charge is 0.448 e. The van der Waals surface area contributed by atoms with E-state index in [-0.39, 0.29) is 5.91 Å². The number of ether oxygens (including phenoxy) is 1. The summed E-state index contributed by atoms with van der Waals surface area (Å²) in [7, 11) is 1.63. The van der Waals surface area contributed by atoms with Crippen molar-refractivity contribution >= 4 is 23.2 Å². The number of hydrogen-bond donors (Lipinski definition) is 0. The first-order chi connectivity index (χ1) is 13.9. The molecule has 0 N–H and O–H groups in total. The van der Waals surface area contributed by atoms with Crippen LogP contribution in [0.25, 0.3) is 10.6 Å². The molecule has 1 aromatic carbocycles. The van der Waals surface area contributed by atoms with Gasteiger partial charge < -0.3 is 9.64 Å². The van der Waals surface area contributed by atoms with Gasteiger partial charge in [0.25, 0.3) is 5.91 Å². The molecule has 1 heterocycles. The SMILES string of the molecule is Cc1nc(-c2ccccc2)sc1C(=O)O[C@H](C)C(=O)N(C)C1(C#N)CCCCC1. The topological polar surface area (TPSA) is 83.3 Å². The fraction of sp³-hybridized carbons (Fsp3) is 0.455. The maximum atomic E-state index is 12.9. The number of thiazole rings is 1.